The van der Waals surface area contributed by atoms with Crippen molar-refractivity contribution in [2.45, 2.75) is 0 Å². The lowest BCUT2D eigenvalue weighted by Crippen LogP contribution is -1.80. The zero-order valence-corrected chi connectivity index (χ0v) is 11.6. The maximum absolute atomic E-state index is 9.34. The highest BCUT2D eigenvalue weighted by Gasteiger charge is 2.10. The lowest BCUT2D eigenvalue weighted by molar-refractivity contribution is 0.475. The molecule has 2 nitrogen and oxygen atoms in total. The van der Waals surface area contributed by atoms with Crippen molar-refractivity contribution in [3.8, 4) is 28.0 Å². The topological polar surface area (TPSA) is 33.4 Å². The van der Waals surface area contributed by atoms with E-state index < -0.39 is 0 Å². The van der Waals surface area contributed by atoms with Gasteiger partial charge in [-0.3, -0.25) is 0 Å². The molecule has 0 unspecified atom stereocenters. The molecule has 0 bridgehead atoms. The quantitative estimate of drug-likeness (QED) is 0.715. The third-order valence-electron chi connectivity index (χ3n) is 3.00. The van der Waals surface area contributed by atoms with Crippen molar-refractivity contribution in [1.82, 2.24) is 0 Å². The Morgan fingerprint density at radius 1 is 0.737 bits per heavy atom. The fraction of sp³-hybridized carbons (Fsp3) is 0. The second-order valence-electron chi connectivity index (χ2n) is 4.25. The van der Waals surface area contributed by atoms with Gasteiger partial charge >= 0.3 is 0 Å². The van der Waals surface area contributed by atoms with Crippen LogP contribution < -0.4 is 0 Å². The van der Waals surface area contributed by atoms with E-state index in [0.29, 0.717) is 0 Å². The van der Waals surface area contributed by atoms with Crippen LogP contribution in [0.25, 0.3) is 22.3 Å². The lowest BCUT2D eigenvalue weighted by atomic mass is 9.99. The van der Waals surface area contributed by atoms with Gasteiger partial charge in [0, 0.05) is 15.6 Å². The van der Waals surface area contributed by atoms with Gasteiger partial charge in [-0.1, -0.05) is 40.2 Å². The number of benzene rings is 2. The van der Waals surface area contributed by atoms with Gasteiger partial charge in [0.05, 0.1) is 12.5 Å². The monoisotopic (exact) mass is 314 g/mol. The Morgan fingerprint density at radius 2 is 1.21 bits per heavy atom. The standard InChI is InChI=1S/C16H11BrO2/c17-13-5-1-11(2-6-13)15-9-19-10-16(15)12-3-7-14(18)8-4-12/h1-10,18H. The van der Waals surface area contributed by atoms with Crippen LogP contribution in [0.1, 0.15) is 0 Å². The van der Waals surface area contributed by atoms with Crippen LogP contribution in [0.4, 0.5) is 0 Å². The van der Waals surface area contributed by atoms with E-state index in [0.717, 1.165) is 26.7 Å². The molecular formula is C16H11BrO2. The predicted octanol–water partition coefficient (Wildman–Crippen LogP) is 5.08. The van der Waals surface area contributed by atoms with Crippen LogP contribution in [0, 0.1) is 0 Å². The molecule has 2 aromatic carbocycles. The molecule has 3 rings (SSSR count). The third-order valence-corrected chi connectivity index (χ3v) is 3.52. The molecule has 0 radical (unpaired) electrons. The van der Waals surface area contributed by atoms with Gasteiger partial charge in [-0.2, -0.15) is 0 Å². The van der Waals surface area contributed by atoms with Crippen molar-refractivity contribution >= 4 is 15.9 Å². The number of phenolic OH excluding ortho intramolecular Hbond substituents is 1. The minimum atomic E-state index is 0.262. The minimum Gasteiger partial charge on any atom is -0.508 e. The smallest absolute Gasteiger partial charge is 0.115 e. The van der Waals surface area contributed by atoms with E-state index in [1.165, 1.54) is 0 Å². The molecule has 0 saturated heterocycles. The molecular weight excluding hydrogens is 304 g/mol. The van der Waals surface area contributed by atoms with Gasteiger partial charge in [0.1, 0.15) is 5.75 Å². The Balaban J connectivity index is 2.07. The fourth-order valence-corrected chi connectivity index (χ4v) is 2.28. The highest BCUT2D eigenvalue weighted by molar-refractivity contribution is 9.10. The van der Waals surface area contributed by atoms with Crippen LogP contribution in [0.2, 0.25) is 0 Å². The molecule has 1 heterocycles. The van der Waals surface area contributed by atoms with Gasteiger partial charge in [-0.15, -0.1) is 0 Å². The van der Waals surface area contributed by atoms with Gasteiger partial charge in [-0.05, 0) is 35.4 Å². The van der Waals surface area contributed by atoms with Crippen LogP contribution in [-0.4, -0.2) is 5.11 Å². The average Bonchev–Trinajstić information content (AvgIpc) is 2.90. The van der Waals surface area contributed by atoms with E-state index in [4.69, 9.17) is 4.42 Å². The van der Waals surface area contributed by atoms with E-state index in [9.17, 15) is 5.11 Å². The van der Waals surface area contributed by atoms with Crippen molar-refractivity contribution in [2.75, 3.05) is 0 Å². The summed E-state index contributed by atoms with van der Waals surface area (Å²) in [5, 5.41) is 9.34. The zero-order chi connectivity index (χ0) is 13.2. The van der Waals surface area contributed by atoms with Crippen molar-refractivity contribution < 1.29 is 9.52 Å². The number of rotatable bonds is 2. The van der Waals surface area contributed by atoms with Crippen molar-refractivity contribution in [3.05, 3.63) is 65.5 Å². The average molecular weight is 315 g/mol. The largest absolute Gasteiger partial charge is 0.508 e. The molecule has 94 valence electrons. The summed E-state index contributed by atoms with van der Waals surface area (Å²) >= 11 is 3.43. The Bertz CT molecular complexity index is 622. The summed E-state index contributed by atoms with van der Waals surface area (Å²) in [5.74, 6) is 0.262. The first kappa shape index (κ1) is 12.1. The van der Waals surface area contributed by atoms with Crippen molar-refractivity contribution in [3.63, 3.8) is 0 Å². The van der Waals surface area contributed by atoms with Crippen molar-refractivity contribution in [1.29, 1.82) is 0 Å². The van der Waals surface area contributed by atoms with Crippen LogP contribution in [-0.2, 0) is 0 Å². The summed E-state index contributed by atoms with van der Waals surface area (Å²) in [4.78, 5) is 0. The molecule has 0 spiro atoms. The molecule has 0 aliphatic heterocycles. The predicted molar refractivity (Wildman–Crippen MR) is 78.9 cm³/mol. The van der Waals surface area contributed by atoms with Crippen LogP contribution in [0.15, 0.2) is 69.9 Å². The van der Waals surface area contributed by atoms with Gasteiger partial charge in [0.25, 0.3) is 0 Å². The highest BCUT2D eigenvalue weighted by Crippen LogP contribution is 2.34. The van der Waals surface area contributed by atoms with E-state index in [2.05, 4.69) is 15.9 Å². The molecule has 0 amide bonds. The molecule has 0 fully saturated rings. The van der Waals surface area contributed by atoms with E-state index in [-0.39, 0.29) is 5.75 Å². The van der Waals surface area contributed by atoms with Crippen LogP contribution in [0.5, 0.6) is 5.75 Å². The Hall–Kier alpha value is -2.00. The normalized spacial score (nSPS) is 10.6. The SMILES string of the molecule is Oc1ccc(-c2cocc2-c2ccc(Br)cc2)cc1. The number of halogens is 1. The van der Waals surface area contributed by atoms with Crippen LogP contribution >= 0.6 is 15.9 Å². The first-order valence-electron chi connectivity index (χ1n) is 5.85. The maximum Gasteiger partial charge on any atom is 0.115 e. The number of aromatic hydroxyl groups is 1. The summed E-state index contributed by atoms with van der Waals surface area (Å²) in [7, 11) is 0. The van der Waals surface area contributed by atoms with E-state index in [1.807, 2.05) is 36.4 Å². The Labute approximate surface area is 119 Å². The highest BCUT2D eigenvalue weighted by atomic mass is 79.9. The second-order valence-corrected chi connectivity index (χ2v) is 5.17. The molecule has 0 aliphatic carbocycles. The first-order chi connectivity index (χ1) is 9.24. The molecule has 0 atom stereocenters. The van der Waals surface area contributed by atoms with Gasteiger partial charge in [0.2, 0.25) is 0 Å². The Kier molecular flexibility index (Phi) is 3.13. The van der Waals surface area contributed by atoms with Gasteiger partial charge < -0.3 is 9.52 Å². The summed E-state index contributed by atoms with van der Waals surface area (Å²) in [6.07, 6.45) is 3.47. The summed E-state index contributed by atoms with van der Waals surface area (Å²) in [6.45, 7) is 0. The number of furan rings is 1. The maximum atomic E-state index is 9.34. The Morgan fingerprint density at radius 3 is 1.74 bits per heavy atom. The zero-order valence-electron chi connectivity index (χ0n) is 10.0. The molecule has 3 heteroatoms. The third kappa shape index (κ3) is 2.42. The molecule has 0 aliphatic rings. The minimum absolute atomic E-state index is 0.262. The van der Waals surface area contributed by atoms with Gasteiger partial charge in [0.15, 0.2) is 0 Å². The van der Waals surface area contributed by atoms with Crippen molar-refractivity contribution in [2.24, 2.45) is 0 Å². The summed E-state index contributed by atoms with van der Waals surface area (Å²) < 4.78 is 6.39. The number of phenols is 1. The second kappa shape index (κ2) is 4.94. The van der Waals surface area contributed by atoms with E-state index in [1.54, 1.807) is 24.7 Å². The van der Waals surface area contributed by atoms with Crippen LogP contribution in [0.3, 0.4) is 0 Å². The lowest BCUT2D eigenvalue weighted by Gasteiger charge is -2.04. The number of hydrogen-bond donors (Lipinski definition) is 1. The molecule has 1 N–H and O–H groups in total. The first-order valence-corrected chi connectivity index (χ1v) is 6.65. The molecule has 19 heavy (non-hydrogen) atoms. The molecule has 3 aromatic rings. The van der Waals surface area contributed by atoms with E-state index >= 15 is 0 Å². The van der Waals surface area contributed by atoms with Gasteiger partial charge in [-0.25, -0.2) is 0 Å². The number of hydrogen-bond acceptors (Lipinski definition) is 2. The molecule has 1 aromatic heterocycles. The summed E-state index contributed by atoms with van der Waals surface area (Å²) in [5.41, 5.74) is 4.17. The fourth-order valence-electron chi connectivity index (χ4n) is 2.01. The summed E-state index contributed by atoms with van der Waals surface area (Å²) in [6, 6.07) is 15.2. The molecule has 0 saturated carbocycles.